The third-order valence-corrected chi connectivity index (χ3v) is 5.96. The molecule has 1 aromatic heterocycles. The lowest BCUT2D eigenvalue weighted by atomic mass is 9.88. The zero-order valence-electron chi connectivity index (χ0n) is 19.1. The van der Waals surface area contributed by atoms with Gasteiger partial charge in [-0.2, -0.15) is 17.6 Å². The summed E-state index contributed by atoms with van der Waals surface area (Å²) in [4.78, 5) is 22.1. The number of anilines is 2. The molecule has 1 amide bonds. The van der Waals surface area contributed by atoms with Gasteiger partial charge in [-0.1, -0.05) is 12.1 Å². The van der Waals surface area contributed by atoms with Crippen molar-refractivity contribution >= 4 is 17.5 Å². The number of alkyl halides is 3. The fourth-order valence-corrected chi connectivity index (χ4v) is 3.89. The standard InChI is InChI=1S/C22H28F4N6O3/c1-2-32(9-14-3-5-15(6-4-14)22(24,25)26)20-18(23)19(29-13-30-20)28-12-21(35)7-8-31(10-16(21)33)11-17(27)34/h3-6,13,16,33,35H,2,7-12H2,1H3,(H2,27,34)(H,28,29,30)/t16-,21+/m1/s1. The normalized spacial score (nSPS) is 21.1. The Morgan fingerprint density at radius 2 is 2.00 bits per heavy atom. The van der Waals surface area contributed by atoms with Crippen LogP contribution in [-0.2, 0) is 17.5 Å². The highest BCUT2D eigenvalue weighted by molar-refractivity contribution is 5.75. The summed E-state index contributed by atoms with van der Waals surface area (Å²) >= 11 is 0. The van der Waals surface area contributed by atoms with Crippen molar-refractivity contribution in [2.75, 3.05) is 42.9 Å². The van der Waals surface area contributed by atoms with Gasteiger partial charge in [0.2, 0.25) is 11.7 Å². The quantitative estimate of drug-likeness (QED) is 0.380. The van der Waals surface area contributed by atoms with Crippen LogP contribution in [0.25, 0.3) is 0 Å². The van der Waals surface area contributed by atoms with Gasteiger partial charge in [-0.05, 0) is 31.0 Å². The number of carbonyl (C=O) groups excluding carboxylic acids is 1. The van der Waals surface area contributed by atoms with Crippen molar-refractivity contribution in [3.8, 4) is 0 Å². The smallest absolute Gasteiger partial charge is 0.389 e. The first kappa shape index (κ1) is 26.6. The number of amides is 1. The fraction of sp³-hybridized carbons (Fsp3) is 0.500. The molecule has 9 nitrogen and oxygen atoms in total. The number of hydrogen-bond acceptors (Lipinski definition) is 8. The van der Waals surface area contributed by atoms with Crippen molar-refractivity contribution in [2.24, 2.45) is 5.73 Å². The highest BCUT2D eigenvalue weighted by atomic mass is 19.4. The molecule has 2 heterocycles. The number of halogens is 4. The Hall–Kier alpha value is -3.03. The molecule has 0 bridgehead atoms. The second-order valence-electron chi connectivity index (χ2n) is 8.49. The molecule has 13 heteroatoms. The zero-order valence-corrected chi connectivity index (χ0v) is 19.1. The van der Waals surface area contributed by atoms with Crippen LogP contribution >= 0.6 is 0 Å². The zero-order chi connectivity index (χ0) is 25.8. The van der Waals surface area contributed by atoms with E-state index >= 15 is 4.39 Å². The summed E-state index contributed by atoms with van der Waals surface area (Å²) in [6.45, 7) is 2.25. The van der Waals surface area contributed by atoms with Crippen LogP contribution in [0, 0.1) is 5.82 Å². The highest BCUT2D eigenvalue weighted by Gasteiger charge is 2.41. The molecule has 0 radical (unpaired) electrons. The van der Waals surface area contributed by atoms with Crippen molar-refractivity contribution < 1.29 is 32.6 Å². The van der Waals surface area contributed by atoms with Crippen molar-refractivity contribution in [2.45, 2.75) is 37.8 Å². The second-order valence-corrected chi connectivity index (χ2v) is 8.49. The molecule has 3 rings (SSSR count). The van der Waals surface area contributed by atoms with Gasteiger partial charge in [-0.3, -0.25) is 9.69 Å². The SMILES string of the molecule is CCN(Cc1ccc(C(F)(F)F)cc1)c1ncnc(NC[C@@]2(O)CCN(CC(N)=O)C[C@H]2O)c1F. The van der Waals surface area contributed by atoms with Crippen LogP contribution in [0.5, 0.6) is 0 Å². The highest BCUT2D eigenvalue weighted by Crippen LogP contribution is 2.30. The molecule has 0 saturated carbocycles. The summed E-state index contributed by atoms with van der Waals surface area (Å²) < 4.78 is 53.6. The first-order valence-corrected chi connectivity index (χ1v) is 11.0. The summed E-state index contributed by atoms with van der Waals surface area (Å²) in [7, 11) is 0. The van der Waals surface area contributed by atoms with Crippen LogP contribution in [0.4, 0.5) is 29.2 Å². The van der Waals surface area contributed by atoms with Gasteiger partial charge < -0.3 is 26.2 Å². The van der Waals surface area contributed by atoms with Crippen LogP contribution in [-0.4, -0.2) is 75.4 Å². The predicted molar refractivity (Wildman–Crippen MR) is 120 cm³/mol. The summed E-state index contributed by atoms with van der Waals surface area (Å²) in [5.74, 6) is -1.60. The van der Waals surface area contributed by atoms with Gasteiger partial charge in [0.25, 0.3) is 0 Å². The molecular formula is C22H28F4N6O3. The number of aliphatic hydroxyl groups excluding tert-OH is 1. The Kier molecular flexibility index (Phi) is 8.13. The van der Waals surface area contributed by atoms with E-state index in [2.05, 4.69) is 15.3 Å². The number of nitrogens with one attached hydrogen (secondary N) is 1. The number of carbonyl (C=O) groups is 1. The predicted octanol–water partition coefficient (Wildman–Crippen LogP) is 1.36. The van der Waals surface area contributed by atoms with E-state index in [1.54, 1.807) is 11.8 Å². The molecule has 192 valence electrons. The molecule has 35 heavy (non-hydrogen) atoms. The van der Waals surface area contributed by atoms with E-state index in [-0.39, 0.29) is 44.2 Å². The molecule has 1 fully saturated rings. The molecule has 1 saturated heterocycles. The Morgan fingerprint density at radius 3 is 2.57 bits per heavy atom. The van der Waals surface area contributed by atoms with E-state index in [4.69, 9.17) is 5.73 Å². The number of likely N-dealkylation sites (tertiary alicyclic amines) is 1. The largest absolute Gasteiger partial charge is 0.416 e. The molecular weight excluding hydrogens is 472 g/mol. The first-order valence-electron chi connectivity index (χ1n) is 11.0. The number of piperidine rings is 1. The number of primary amides is 1. The van der Waals surface area contributed by atoms with Crippen molar-refractivity contribution in [1.82, 2.24) is 14.9 Å². The van der Waals surface area contributed by atoms with Crippen LogP contribution in [0.2, 0.25) is 0 Å². The Balaban J connectivity index is 1.69. The second kappa shape index (κ2) is 10.7. The number of benzene rings is 1. The lowest BCUT2D eigenvalue weighted by molar-refractivity contribution is -0.137. The monoisotopic (exact) mass is 500 g/mol. The Labute approximate surface area is 199 Å². The Morgan fingerprint density at radius 1 is 1.31 bits per heavy atom. The number of rotatable bonds is 9. The number of nitrogens with two attached hydrogens (primary N) is 1. The average molecular weight is 500 g/mol. The molecule has 1 aromatic carbocycles. The van der Waals surface area contributed by atoms with Gasteiger partial charge in [0, 0.05) is 32.7 Å². The van der Waals surface area contributed by atoms with Gasteiger partial charge in [-0.25, -0.2) is 9.97 Å². The van der Waals surface area contributed by atoms with Gasteiger partial charge in [0.1, 0.15) is 11.9 Å². The van der Waals surface area contributed by atoms with Gasteiger partial charge in [-0.15, -0.1) is 0 Å². The molecule has 0 aliphatic carbocycles. The van der Waals surface area contributed by atoms with E-state index in [1.165, 1.54) is 17.0 Å². The van der Waals surface area contributed by atoms with E-state index in [0.717, 1.165) is 18.5 Å². The van der Waals surface area contributed by atoms with Crippen LogP contribution in [0.15, 0.2) is 30.6 Å². The first-order chi connectivity index (χ1) is 16.4. The molecule has 2 atom stereocenters. The van der Waals surface area contributed by atoms with Crippen LogP contribution in [0.1, 0.15) is 24.5 Å². The summed E-state index contributed by atoms with van der Waals surface area (Å²) in [5.41, 5.74) is 3.34. The van der Waals surface area contributed by atoms with Crippen molar-refractivity contribution in [1.29, 1.82) is 0 Å². The van der Waals surface area contributed by atoms with Crippen molar-refractivity contribution in [3.63, 3.8) is 0 Å². The topological polar surface area (TPSA) is 128 Å². The number of nitrogens with zero attached hydrogens (tertiary/aromatic N) is 4. The van der Waals surface area contributed by atoms with E-state index in [1.807, 2.05) is 0 Å². The molecule has 0 spiro atoms. The number of β-amino-alcohol motifs (C(OH)–C–C–N with tert-alkyl or cyclic N) is 1. The summed E-state index contributed by atoms with van der Waals surface area (Å²) in [6.07, 6.45) is -4.41. The van der Waals surface area contributed by atoms with Crippen LogP contribution in [0.3, 0.4) is 0 Å². The van der Waals surface area contributed by atoms with Gasteiger partial charge >= 0.3 is 6.18 Å². The molecule has 0 unspecified atom stereocenters. The van der Waals surface area contributed by atoms with E-state index in [0.29, 0.717) is 18.7 Å². The van der Waals surface area contributed by atoms with Crippen LogP contribution < -0.4 is 16.0 Å². The minimum absolute atomic E-state index is 0.0232. The molecule has 1 aliphatic heterocycles. The lowest BCUT2D eigenvalue weighted by Crippen LogP contribution is -2.59. The summed E-state index contributed by atoms with van der Waals surface area (Å²) in [6, 6.07) is 4.58. The van der Waals surface area contributed by atoms with E-state index < -0.39 is 35.2 Å². The number of hydrogen-bond donors (Lipinski definition) is 4. The maximum Gasteiger partial charge on any atom is 0.416 e. The van der Waals surface area contributed by atoms with Gasteiger partial charge in [0.05, 0.1) is 18.2 Å². The molecule has 1 aliphatic rings. The Bertz CT molecular complexity index is 1020. The number of aliphatic hydroxyl groups is 2. The minimum Gasteiger partial charge on any atom is -0.389 e. The molecule has 2 aromatic rings. The fourth-order valence-electron chi connectivity index (χ4n) is 3.89. The average Bonchev–Trinajstić information content (AvgIpc) is 2.79. The maximum absolute atomic E-state index is 15.2. The maximum atomic E-state index is 15.2. The third-order valence-electron chi connectivity index (χ3n) is 5.96. The minimum atomic E-state index is -4.45. The number of aromatic nitrogens is 2. The third kappa shape index (κ3) is 6.55. The lowest BCUT2D eigenvalue weighted by Gasteiger charge is -2.41. The molecule has 5 N–H and O–H groups in total. The van der Waals surface area contributed by atoms with E-state index in [9.17, 15) is 28.2 Å². The van der Waals surface area contributed by atoms with Crippen molar-refractivity contribution in [3.05, 3.63) is 47.5 Å². The summed E-state index contributed by atoms with van der Waals surface area (Å²) in [5, 5.41) is 23.9. The van der Waals surface area contributed by atoms with Gasteiger partial charge in [0.15, 0.2) is 11.6 Å².